The molecule has 1 amide bonds. The van der Waals surface area contributed by atoms with Crippen molar-refractivity contribution in [1.82, 2.24) is 10.2 Å². The summed E-state index contributed by atoms with van der Waals surface area (Å²) in [5.74, 6) is 0.242. The fourth-order valence-corrected chi connectivity index (χ4v) is 3.29. The number of hydrogen-bond donors (Lipinski definition) is 1. The molecule has 0 radical (unpaired) electrons. The van der Waals surface area contributed by atoms with Crippen LogP contribution < -0.4 is 5.32 Å². The van der Waals surface area contributed by atoms with E-state index in [2.05, 4.69) is 12.2 Å². The van der Waals surface area contributed by atoms with E-state index in [-0.39, 0.29) is 11.9 Å². The molecule has 1 aliphatic carbocycles. The maximum absolute atomic E-state index is 12.5. The van der Waals surface area contributed by atoms with E-state index in [1.54, 1.807) is 0 Å². The Bertz CT molecular complexity index is 448. The first-order valence-electron chi connectivity index (χ1n) is 7.31. The minimum Gasteiger partial charge on any atom is -0.328 e. The van der Waals surface area contributed by atoms with Gasteiger partial charge in [0.25, 0.3) is 0 Å². The molecule has 3 rings (SSSR count). The molecular formula is C16H22N2O. The number of benzene rings is 1. The van der Waals surface area contributed by atoms with Crippen LogP contribution in [0.4, 0.5) is 0 Å². The first-order valence-corrected chi connectivity index (χ1v) is 7.31. The van der Waals surface area contributed by atoms with Gasteiger partial charge in [0.15, 0.2) is 0 Å². The summed E-state index contributed by atoms with van der Waals surface area (Å²) in [5, 5.41) is 3.34. The zero-order valence-electron chi connectivity index (χ0n) is 11.6. The van der Waals surface area contributed by atoms with Crippen LogP contribution in [0.1, 0.15) is 44.2 Å². The Morgan fingerprint density at radius 2 is 2.05 bits per heavy atom. The molecule has 19 heavy (non-hydrogen) atoms. The highest BCUT2D eigenvalue weighted by atomic mass is 16.2. The van der Waals surface area contributed by atoms with E-state index in [0.717, 1.165) is 12.1 Å². The zero-order chi connectivity index (χ0) is 13.3. The smallest absolute Gasteiger partial charge is 0.245 e. The molecule has 1 aromatic carbocycles. The Morgan fingerprint density at radius 1 is 1.32 bits per heavy atom. The van der Waals surface area contributed by atoms with Crippen molar-refractivity contribution < 1.29 is 4.79 Å². The van der Waals surface area contributed by atoms with Crippen LogP contribution in [0.5, 0.6) is 0 Å². The normalized spacial score (nSPS) is 25.4. The molecule has 2 aliphatic rings. The summed E-state index contributed by atoms with van der Waals surface area (Å²) in [4.78, 5) is 14.5. The van der Waals surface area contributed by atoms with Crippen molar-refractivity contribution in [3.8, 4) is 0 Å². The second-order valence-electron chi connectivity index (χ2n) is 5.95. The van der Waals surface area contributed by atoms with Gasteiger partial charge in [-0.15, -0.1) is 0 Å². The van der Waals surface area contributed by atoms with Crippen molar-refractivity contribution in [1.29, 1.82) is 0 Å². The summed E-state index contributed by atoms with van der Waals surface area (Å²) in [6, 6.07) is 9.88. The van der Waals surface area contributed by atoms with Crippen LogP contribution in [0, 0.1) is 5.41 Å². The van der Waals surface area contributed by atoms with Gasteiger partial charge in [0.2, 0.25) is 5.91 Å². The van der Waals surface area contributed by atoms with Crippen LogP contribution in [-0.4, -0.2) is 24.0 Å². The number of nitrogens with zero attached hydrogens (tertiary/aromatic N) is 1. The average molecular weight is 258 g/mol. The van der Waals surface area contributed by atoms with Crippen LogP contribution in [0.25, 0.3) is 0 Å². The molecule has 0 spiro atoms. The van der Waals surface area contributed by atoms with E-state index >= 15 is 0 Å². The lowest BCUT2D eigenvalue weighted by Crippen LogP contribution is -2.43. The molecule has 1 aromatic rings. The summed E-state index contributed by atoms with van der Waals surface area (Å²) >= 11 is 0. The molecule has 2 fully saturated rings. The lowest BCUT2D eigenvalue weighted by molar-refractivity contribution is -0.131. The average Bonchev–Trinajstić information content (AvgIpc) is 2.76. The maximum Gasteiger partial charge on any atom is 0.245 e. The Balaban J connectivity index is 1.69. The van der Waals surface area contributed by atoms with Crippen LogP contribution in [0.3, 0.4) is 0 Å². The molecule has 102 valence electrons. The zero-order valence-corrected chi connectivity index (χ0v) is 11.6. The molecule has 1 saturated carbocycles. The highest BCUT2D eigenvalue weighted by Gasteiger charge is 2.41. The van der Waals surface area contributed by atoms with Crippen molar-refractivity contribution in [2.24, 2.45) is 5.41 Å². The molecule has 1 N–H and O–H groups in total. The summed E-state index contributed by atoms with van der Waals surface area (Å²) < 4.78 is 0. The van der Waals surface area contributed by atoms with Gasteiger partial charge in [-0.2, -0.15) is 0 Å². The van der Waals surface area contributed by atoms with Crippen molar-refractivity contribution in [3.05, 3.63) is 35.9 Å². The van der Waals surface area contributed by atoms with Crippen molar-refractivity contribution in [2.45, 2.75) is 38.6 Å². The molecule has 0 bridgehead atoms. The molecule has 1 heterocycles. The van der Waals surface area contributed by atoms with Gasteiger partial charge in [-0.25, -0.2) is 0 Å². The van der Waals surface area contributed by atoms with Crippen LogP contribution in [0.2, 0.25) is 0 Å². The van der Waals surface area contributed by atoms with Crippen LogP contribution in [0.15, 0.2) is 30.3 Å². The lowest BCUT2D eigenvalue weighted by Gasteiger charge is -2.43. The third-order valence-electron chi connectivity index (χ3n) is 4.87. The Hall–Kier alpha value is -1.35. The molecule has 3 heteroatoms. The topological polar surface area (TPSA) is 32.3 Å². The third-order valence-corrected chi connectivity index (χ3v) is 4.87. The number of nitrogens with one attached hydrogen (secondary N) is 1. The highest BCUT2D eigenvalue weighted by molar-refractivity contribution is 5.85. The predicted molar refractivity (Wildman–Crippen MR) is 75.5 cm³/mol. The number of amides is 1. The van der Waals surface area contributed by atoms with E-state index in [4.69, 9.17) is 0 Å². The second kappa shape index (κ2) is 4.97. The van der Waals surface area contributed by atoms with Gasteiger partial charge in [0.1, 0.15) is 6.04 Å². The van der Waals surface area contributed by atoms with E-state index in [0.29, 0.717) is 12.1 Å². The summed E-state index contributed by atoms with van der Waals surface area (Å²) in [7, 11) is 0. The fourth-order valence-electron chi connectivity index (χ4n) is 3.29. The molecule has 1 aliphatic heterocycles. The van der Waals surface area contributed by atoms with Gasteiger partial charge in [-0.1, -0.05) is 43.7 Å². The summed E-state index contributed by atoms with van der Waals surface area (Å²) in [6.45, 7) is 3.88. The fraction of sp³-hybridized carbons (Fsp3) is 0.562. The van der Waals surface area contributed by atoms with E-state index in [1.807, 2.05) is 35.2 Å². The highest BCUT2D eigenvalue weighted by Crippen LogP contribution is 2.44. The molecule has 1 saturated heterocycles. The van der Waals surface area contributed by atoms with Gasteiger partial charge in [-0.3, -0.25) is 10.1 Å². The van der Waals surface area contributed by atoms with Crippen LogP contribution >= 0.6 is 0 Å². The standard InChI is InChI=1S/C16H22N2O/c1-2-16(9-6-10-16)11-18-12-17-14(15(18)19)13-7-4-3-5-8-13/h3-5,7-8,14,17H,2,6,9-12H2,1H3. The minimum absolute atomic E-state index is 0.143. The minimum atomic E-state index is -0.143. The predicted octanol–water partition coefficient (Wildman–Crippen LogP) is 2.70. The van der Waals surface area contributed by atoms with Crippen LogP contribution in [-0.2, 0) is 4.79 Å². The van der Waals surface area contributed by atoms with E-state index in [1.165, 1.54) is 25.7 Å². The third kappa shape index (κ3) is 2.27. The Labute approximate surface area is 115 Å². The first kappa shape index (κ1) is 12.7. The maximum atomic E-state index is 12.5. The lowest BCUT2D eigenvalue weighted by atomic mass is 9.67. The monoisotopic (exact) mass is 258 g/mol. The largest absolute Gasteiger partial charge is 0.328 e. The van der Waals surface area contributed by atoms with Gasteiger partial charge in [-0.05, 0) is 30.2 Å². The van der Waals surface area contributed by atoms with Gasteiger partial charge in [0.05, 0.1) is 6.67 Å². The van der Waals surface area contributed by atoms with E-state index < -0.39 is 0 Å². The molecule has 0 aromatic heterocycles. The molecule has 3 nitrogen and oxygen atoms in total. The van der Waals surface area contributed by atoms with Crippen molar-refractivity contribution >= 4 is 5.91 Å². The van der Waals surface area contributed by atoms with Gasteiger partial charge >= 0.3 is 0 Å². The summed E-state index contributed by atoms with van der Waals surface area (Å²) in [5.41, 5.74) is 1.48. The number of hydrogen-bond acceptors (Lipinski definition) is 2. The van der Waals surface area contributed by atoms with Crippen molar-refractivity contribution in [2.75, 3.05) is 13.2 Å². The van der Waals surface area contributed by atoms with E-state index in [9.17, 15) is 4.79 Å². The number of carbonyl (C=O) groups is 1. The molecular weight excluding hydrogens is 236 g/mol. The number of rotatable bonds is 4. The molecule has 1 unspecified atom stereocenters. The van der Waals surface area contributed by atoms with Gasteiger partial charge in [0, 0.05) is 6.54 Å². The van der Waals surface area contributed by atoms with Crippen molar-refractivity contribution in [3.63, 3.8) is 0 Å². The number of carbonyl (C=O) groups excluding carboxylic acids is 1. The summed E-state index contributed by atoms with van der Waals surface area (Å²) in [6.07, 6.45) is 5.07. The van der Waals surface area contributed by atoms with Gasteiger partial charge < -0.3 is 4.90 Å². The molecule has 1 atom stereocenters. The SMILES string of the molecule is CCC1(CN2CNC(c3ccccc3)C2=O)CCC1. The second-order valence-corrected chi connectivity index (χ2v) is 5.95. The quantitative estimate of drug-likeness (QED) is 0.900. The Morgan fingerprint density at radius 3 is 2.63 bits per heavy atom. The Kier molecular flexibility index (Phi) is 3.31. The first-order chi connectivity index (χ1) is 9.24.